The predicted octanol–water partition coefficient (Wildman–Crippen LogP) is 5.33. The van der Waals surface area contributed by atoms with Crippen LogP contribution in [0.25, 0.3) is 0 Å². The zero-order valence-electron chi connectivity index (χ0n) is 16.5. The van der Waals surface area contributed by atoms with Gasteiger partial charge in [-0.1, -0.05) is 64.7 Å². The molecule has 1 aliphatic rings. The van der Waals surface area contributed by atoms with E-state index in [1.807, 2.05) is 29.2 Å². The molecule has 0 fully saturated rings. The number of unbranched alkanes of at least 4 members (excludes halogenated alkanes) is 9. The van der Waals surface area contributed by atoms with Gasteiger partial charge in [0.05, 0.1) is 0 Å². The summed E-state index contributed by atoms with van der Waals surface area (Å²) in [5, 5.41) is 0. The van der Waals surface area contributed by atoms with Gasteiger partial charge < -0.3 is 9.80 Å². The molecule has 1 aliphatic heterocycles. The van der Waals surface area contributed by atoms with E-state index in [2.05, 4.69) is 6.92 Å². The van der Waals surface area contributed by atoms with Crippen molar-refractivity contribution < 1.29 is 18.1 Å². The summed E-state index contributed by atoms with van der Waals surface area (Å²) in [6.45, 7) is 3.13. The van der Waals surface area contributed by atoms with Crippen molar-refractivity contribution in [3.63, 3.8) is 0 Å². The van der Waals surface area contributed by atoms with Crippen LogP contribution in [0.1, 0.15) is 71.1 Å². The fraction of sp³-hybridized carbons (Fsp3) is 0.889. The lowest BCUT2D eigenvalue weighted by atomic mass is 10.1. The molecule has 0 N–H and O–H groups in total. The number of hydrogen-bond acceptors (Lipinski definition) is 6. The maximum atomic E-state index is 12.2. The Morgan fingerprint density at radius 3 is 1.92 bits per heavy atom. The number of rotatable bonds is 15. The van der Waals surface area contributed by atoms with Gasteiger partial charge in [0, 0.05) is 40.2 Å². The minimum atomic E-state index is -3.49. The molecular weight excluding hydrogens is 339 g/mol. The topological polar surface area (TPSA) is 51.2 Å². The molecule has 1 rings (SSSR count). The maximum absolute atomic E-state index is 12.2. The number of hydrogen-bond donors (Lipinski definition) is 0. The van der Waals surface area contributed by atoms with E-state index >= 15 is 0 Å². The minimum absolute atomic E-state index is 0.440. The van der Waals surface area contributed by atoms with Crippen LogP contribution in [0.2, 0.25) is 0 Å². The second-order valence-electron chi connectivity index (χ2n) is 6.63. The Bertz CT molecular complexity index is 412. The van der Waals surface area contributed by atoms with Crippen LogP contribution in [0, 0.1) is 0 Å². The molecule has 0 spiro atoms. The second-order valence-corrected chi connectivity index (χ2v) is 8.46. The average Bonchev–Trinajstić information content (AvgIpc) is 2.96. The van der Waals surface area contributed by atoms with Gasteiger partial charge in [0.25, 0.3) is 0 Å². The minimum Gasteiger partial charge on any atom is -0.337 e. The molecule has 1 heterocycles. The molecule has 0 aromatic carbocycles. The Balaban J connectivity index is 2.16. The maximum Gasteiger partial charge on any atom is 0.477 e. The molecule has 1 atom stereocenters. The molecule has 0 saturated carbocycles. The van der Waals surface area contributed by atoms with Crippen LogP contribution in [0.4, 0.5) is 0 Å². The molecule has 7 heteroatoms. The van der Waals surface area contributed by atoms with Crippen LogP contribution in [-0.2, 0) is 18.1 Å². The largest absolute Gasteiger partial charge is 0.477 e. The Kier molecular flexibility index (Phi) is 11.5. The van der Waals surface area contributed by atoms with Crippen molar-refractivity contribution in [2.45, 2.75) is 77.5 Å². The van der Waals surface area contributed by atoms with E-state index in [0.29, 0.717) is 0 Å². The van der Waals surface area contributed by atoms with Crippen LogP contribution in [0.3, 0.4) is 0 Å². The van der Waals surface area contributed by atoms with Crippen molar-refractivity contribution in [1.29, 1.82) is 0 Å². The molecule has 0 bridgehead atoms. The zero-order valence-corrected chi connectivity index (χ0v) is 17.4. The molecule has 6 nitrogen and oxygen atoms in total. The summed E-state index contributed by atoms with van der Waals surface area (Å²) < 4.78 is 27.5. The molecule has 0 amide bonds. The van der Waals surface area contributed by atoms with Crippen molar-refractivity contribution in [1.82, 2.24) is 9.80 Å². The first-order chi connectivity index (χ1) is 12.1. The lowest BCUT2D eigenvalue weighted by Crippen LogP contribution is -2.38. The highest BCUT2D eigenvalue weighted by Crippen LogP contribution is 2.50. The van der Waals surface area contributed by atoms with Crippen molar-refractivity contribution in [3.8, 4) is 0 Å². The molecule has 0 aliphatic carbocycles. The van der Waals surface area contributed by atoms with Crippen molar-refractivity contribution in [2.24, 2.45) is 0 Å². The summed E-state index contributed by atoms with van der Waals surface area (Å²) in [4.78, 5) is 3.90. The van der Waals surface area contributed by atoms with E-state index < -0.39 is 14.2 Å². The number of phosphoric ester groups is 1. The van der Waals surface area contributed by atoms with Gasteiger partial charge in [0.2, 0.25) is 6.35 Å². The van der Waals surface area contributed by atoms with Gasteiger partial charge >= 0.3 is 7.82 Å². The van der Waals surface area contributed by atoms with E-state index in [0.717, 1.165) is 13.0 Å². The van der Waals surface area contributed by atoms with Crippen LogP contribution < -0.4 is 0 Å². The lowest BCUT2D eigenvalue weighted by molar-refractivity contribution is -0.0399. The fourth-order valence-corrected chi connectivity index (χ4v) is 3.77. The highest BCUT2D eigenvalue weighted by molar-refractivity contribution is 7.48. The predicted molar refractivity (Wildman–Crippen MR) is 102 cm³/mol. The van der Waals surface area contributed by atoms with Gasteiger partial charge in [0.1, 0.15) is 0 Å². The van der Waals surface area contributed by atoms with Gasteiger partial charge in [-0.3, -0.25) is 9.05 Å². The molecule has 25 heavy (non-hydrogen) atoms. The molecular formula is C18H37N2O4P. The summed E-state index contributed by atoms with van der Waals surface area (Å²) in [6, 6.07) is 0. The SMILES string of the molecule is CCCCCCCCCCCCN1C=CN(C)C1OP(=O)(OC)OC. The molecule has 0 aromatic rings. The fourth-order valence-electron chi connectivity index (χ4n) is 2.95. The van der Waals surface area contributed by atoms with Gasteiger partial charge in [-0.2, -0.15) is 0 Å². The van der Waals surface area contributed by atoms with Crippen molar-refractivity contribution in [3.05, 3.63) is 12.4 Å². The van der Waals surface area contributed by atoms with Crippen LogP contribution in [0.15, 0.2) is 12.4 Å². The number of nitrogens with zero attached hydrogens (tertiary/aromatic N) is 2. The van der Waals surface area contributed by atoms with E-state index in [1.165, 1.54) is 72.0 Å². The molecule has 0 aromatic heterocycles. The van der Waals surface area contributed by atoms with Crippen molar-refractivity contribution >= 4 is 7.82 Å². The summed E-state index contributed by atoms with van der Waals surface area (Å²) in [6.07, 6.45) is 16.5. The Hall–Kier alpha value is -0.550. The Morgan fingerprint density at radius 2 is 1.40 bits per heavy atom. The van der Waals surface area contributed by atoms with E-state index in [4.69, 9.17) is 13.6 Å². The third-order valence-corrected chi connectivity index (χ3v) is 5.91. The van der Waals surface area contributed by atoms with Crippen LogP contribution >= 0.6 is 7.82 Å². The summed E-state index contributed by atoms with van der Waals surface area (Å²) in [5.41, 5.74) is 0. The summed E-state index contributed by atoms with van der Waals surface area (Å²) in [5.74, 6) is 0. The Labute approximate surface area is 154 Å². The summed E-state index contributed by atoms with van der Waals surface area (Å²) >= 11 is 0. The van der Waals surface area contributed by atoms with E-state index in [-0.39, 0.29) is 0 Å². The molecule has 0 radical (unpaired) electrons. The van der Waals surface area contributed by atoms with E-state index in [1.54, 1.807) is 0 Å². The van der Waals surface area contributed by atoms with Crippen molar-refractivity contribution in [2.75, 3.05) is 27.8 Å². The zero-order chi connectivity index (χ0) is 18.5. The quantitative estimate of drug-likeness (QED) is 0.284. The standard InChI is InChI=1S/C18H37N2O4P/c1-5-6-7-8-9-10-11-12-13-14-15-20-17-16-19(2)18(20)24-25(21,22-3)23-4/h16-18H,5-15H2,1-4H3. The van der Waals surface area contributed by atoms with Gasteiger partial charge in [0.15, 0.2) is 0 Å². The highest BCUT2D eigenvalue weighted by atomic mass is 31.2. The lowest BCUT2D eigenvalue weighted by Gasteiger charge is -2.31. The first-order valence-corrected chi connectivity index (χ1v) is 11.1. The van der Waals surface area contributed by atoms with Gasteiger partial charge in [-0.05, 0) is 6.42 Å². The van der Waals surface area contributed by atoms with E-state index in [9.17, 15) is 4.57 Å². The first-order valence-electron chi connectivity index (χ1n) is 9.62. The number of phosphoric acid groups is 1. The monoisotopic (exact) mass is 376 g/mol. The average molecular weight is 376 g/mol. The third kappa shape index (κ3) is 8.59. The second kappa shape index (κ2) is 12.7. The Morgan fingerprint density at radius 1 is 0.880 bits per heavy atom. The third-order valence-electron chi connectivity index (χ3n) is 4.57. The highest BCUT2D eigenvalue weighted by Gasteiger charge is 2.34. The molecule has 0 saturated heterocycles. The van der Waals surface area contributed by atoms with Crippen LogP contribution in [-0.4, -0.2) is 44.0 Å². The molecule has 1 unspecified atom stereocenters. The summed E-state index contributed by atoms with van der Waals surface area (Å²) in [7, 11) is 1.06. The first kappa shape index (κ1) is 22.5. The normalized spacial score (nSPS) is 17.7. The molecule has 148 valence electrons. The van der Waals surface area contributed by atoms with Gasteiger partial charge in [-0.25, -0.2) is 9.09 Å². The van der Waals surface area contributed by atoms with Gasteiger partial charge in [-0.15, -0.1) is 0 Å². The van der Waals surface area contributed by atoms with Crippen LogP contribution in [0.5, 0.6) is 0 Å². The smallest absolute Gasteiger partial charge is 0.337 e.